The minimum atomic E-state index is -4.59. The highest BCUT2D eigenvalue weighted by atomic mass is 19.4. The summed E-state index contributed by atoms with van der Waals surface area (Å²) in [6.45, 7) is 0.508. The third kappa shape index (κ3) is 3.35. The molecule has 23 heavy (non-hydrogen) atoms. The summed E-state index contributed by atoms with van der Waals surface area (Å²) in [7, 11) is 0. The highest BCUT2D eigenvalue weighted by Crippen LogP contribution is 2.30. The van der Waals surface area contributed by atoms with Crippen LogP contribution < -0.4 is 0 Å². The third-order valence-corrected chi connectivity index (χ3v) is 3.13. The van der Waals surface area contributed by atoms with Gasteiger partial charge in [0.05, 0.1) is 17.5 Å². The summed E-state index contributed by atoms with van der Waals surface area (Å²) < 4.78 is 54.2. The first-order valence-corrected chi connectivity index (χ1v) is 6.54. The first kappa shape index (κ1) is 15.1. The van der Waals surface area contributed by atoms with Gasteiger partial charge in [-0.15, -0.1) is 5.10 Å². The average Bonchev–Trinajstić information content (AvgIpc) is 3.15. The van der Waals surface area contributed by atoms with E-state index in [0.717, 1.165) is 16.8 Å². The molecule has 0 atom stereocenters. The molecular weight excluding hydrogens is 316 g/mol. The van der Waals surface area contributed by atoms with Crippen molar-refractivity contribution in [3.63, 3.8) is 0 Å². The minimum Gasteiger partial charge on any atom is -0.253 e. The third-order valence-electron chi connectivity index (χ3n) is 3.13. The first-order valence-electron chi connectivity index (χ1n) is 6.54. The number of nitrogens with zero attached hydrogens (tertiary/aromatic N) is 6. The molecule has 0 aliphatic rings. The van der Waals surface area contributed by atoms with Gasteiger partial charge in [0.2, 0.25) is 0 Å². The number of hydrogen-bond acceptors (Lipinski definition) is 4. The summed E-state index contributed by atoms with van der Waals surface area (Å²) in [5, 5.41) is 11.5. The maximum Gasteiger partial charge on any atom is 0.416 e. The smallest absolute Gasteiger partial charge is 0.253 e. The topological polar surface area (TPSA) is 61.4 Å². The second-order valence-corrected chi connectivity index (χ2v) is 4.73. The summed E-state index contributed by atoms with van der Waals surface area (Å²) in [5.74, 6) is -1.02. The van der Waals surface area contributed by atoms with Gasteiger partial charge in [-0.25, -0.2) is 14.1 Å². The Hall–Kier alpha value is -2.78. The van der Waals surface area contributed by atoms with E-state index in [4.69, 9.17) is 0 Å². The van der Waals surface area contributed by atoms with E-state index >= 15 is 0 Å². The second kappa shape index (κ2) is 5.78. The van der Waals surface area contributed by atoms with Crippen LogP contribution in [0, 0.1) is 5.82 Å². The van der Waals surface area contributed by atoms with Gasteiger partial charge in [-0.05, 0) is 18.2 Å². The second-order valence-electron chi connectivity index (χ2n) is 4.73. The molecule has 0 aliphatic heterocycles. The van der Waals surface area contributed by atoms with Gasteiger partial charge in [-0.3, -0.25) is 4.68 Å². The van der Waals surface area contributed by atoms with E-state index < -0.39 is 17.6 Å². The number of benzene rings is 1. The average molecular weight is 326 g/mol. The maximum absolute atomic E-state index is 13.9. The van der Waals surface area contributed by atoms with Crippen LogP contribution in [0.4, 0.5) is 17.6 Å². The molecule has 0 N–H and O–H groups in total. The Bertz CT molecular complexity index is 793. The molecule has 0 saturated heterocycles. The summed E-state index contributed by atoms with van der Waals surface area (Å²) in [6.07, 6.45) is 0.285. The van der Waals surface area contributed by atoms with Gasteiger partial charge in [0, 0.05) is 13.0 Å². The zero-order valence-corrected chi connectivity index (χ0v) is 11.6. The molecule has 2 heterocycles. The van der Waals surface area contributed by atoms with Crippen LogP contribution in [0.3, 0.4) is 0 Å². The number of aromatic nitrogens is 6. The van der Waals surface area contributed by atoms with Gasteiger partial charge in [0.15, 0.2) is 0 Å². The highest BCUT2D eigenvalue weighted by molar-refractivity contribution is 5.36. The zero-order valence-electron chi connectivity index (χ0n) is 11.6. The summed E-state index contributed by atoms with van der Waals surface area (Å²) in [5.41, 5.74) is -0.595. The molecule has 0 fully saturated rings. The van der Waals surface area contributed by atoms with Crippen molar-refractivity contribution in [1.82, 2.24) is 29.8 Å². The number of hydrogen-bond donors (Lipinski definition) is 0. The molecule has 0 bridgehead atoms. The van der Waals surface area contributed by atoms with Crippen molar-refractivity contribution in [1.29, 1.82) is 0 Å². The van der Waals surface area contributed by atoms with E-state index in [-0.39, 0.29) is 5.69 Å². The molecule has 0 radical (unpaired) electrons. The number of alkyl halides is 3. The van der Waals surface area contributed by atoms with Crippen molar-refractivity contribution in [2.45, 2.75) is 19.1 Å². The first-order chi connectivity index (χ1) is 10.9. The quantitative estimate of drug-likeness (QED) is 0.690. The monoisotopic (exact) mass is 326 g/mol. The van der Waals surface area contributed by atoms with Crippen molar-refractivity contribution in [2.75, 3.05) is 0 Å². The van der Waals surface area contributed by atoms with Crippen LogP contribution in [0.5, 0.6) is 0 Å². The van der Waals surface area contributed by atoms with E-state index in [0.29, 0.717) is 24.7 Å². The Morgan fingerprint density at radius 1 is 1.17 bits per heavy atom. The molecule has 0 spiro atoms. The highest BCUT2D eigenvalue weighted by Gasteiger charge is 2.31. The van der Waals surface area contributed by atoms with E-state index in [1.165, 1.54) is 12.5 Å². The molecular formula is C13H10F4N6. The van der Waals surface area contributed by atoms with Crippen LogP contribution in [-0.4, -0.2) is 29.8 Å². The van der Waals surface area contributed by atoms with Crippen LogP contribution in [0.25, 0.3) is 5.69 Å². The van der Waals surface area contributed by atoms with E-state index in [2.05, 4.69) is 20.4 Å². The van der Waals surface area contributed by atoms with Crippen LogP contribution in [0.2, 0.25) is 0 Å². The Morgan fingerprint density at radius 3 is 2.65 bits per heavy atom. The Balaban J connectivity index is 1.77. The van der Waals surface area contributed by atoms with Gasteiger partial charge in [-0.1, -0.05) is 5.21 Å². The number of rotatable bonds is 4. The van der Waals surface area contributed by atoms with Crippen molar-refractivity contribution in [3.8, 4) is 5.69 Å². The largest absolute Gasteiger partial charge is 0.416 e. The fourth-order valence-electron chi connectivity index (χ4n) is 1.98. The Kier molecular flexibility index (Phi) is 3.80. The summed E-state index contributed by atoms with van der Waals surface area (Å²) in [4.78, 5) is 3.80. The molecule has 1 aromatic carbocycles. The lowest BCUT2D eigenvalue weighted by Gasteiger charge is -2.08. The Labute approximate surface area is 127 Å². The van der Waals surface area contributed by atoms with E-state index in [9.17, 15) is 17.6 Å². The molecule has 10 heteroatoms. The lowest BCUT2D eigenvalue weighted by molar-refractivity contribution is -0.137. The molecule has 3 aromatic rings. The van der Waals surface area contributed by atoms with Gasteiger partial charge in [0.25, 0.3) is 0 Å². The van der Waals surface area contributed by atoms with Crippen molar-refractivity contribution in [3.05, 3.63) is 54.1 Å². The molecule has 0 unspecified atom stereocenters. The molecule has 120 valence electrons. The number of halogens is 4. The van der Waals surface area contributed by atoms with E-state index in [1.807, 2.05) is 0 Å². The zero-order chi connectivity index (χ0) is 16.4. The van der Waals surface area contributed by atoms with Gasteiger partial charge in [0.1, 0.15) is 24.2 Å². The van der Waals surface area contributed by atoms with Gasteiger partial charge in [-0.2, -0.15) is 18.3 Å². The fraction of sp³-hybridized carbons (Fsp3) is 0.231. The van der Waals surface area contributed by atoms with Crippen LogP contribution in [0.15, 0.2) is 37.1 Å². The van der Waals surface area contributed by atoms with Crippen molar-refractivity contribution >= 4 is 0 Å². The molecule has 0 amide bonds. The van der Waals surface area contributed by atoms with Crippen LogP contribution in [-0.2, 0) is 19.1 Å². The lowest BCUT2D eigenvalue weighted by Crippen LogP contribution is -2.07. The summed E-state index contributed by atoms with van der Waals surface area (Å²) in [6, 6.07) is 2.26. The lowest BCUT2D eigenvalue weighted by atomic mass is 10.2. The standard InChI is InChI=1S/C13H10F4N6/c14-11-5-9(13(15,16)17)1-2-12(11)23-6-10(20-21-23)3-4-22-8-18-7-19-22/h1-2,5-8H,3-4H2. The van der Waals surface area contributed by atoms with Crippen molar-refractivity contribution < 1.29 is 17.6 Å². The van der Waals surface area contributed by atoms with Crippen LogP contribution >= 0.6 is 0 Å². The summed E-state index contributed by atoms with van der Waals surface area (Å²) >= 11 is 0. The normalized spacial score (nSPS) is 11.8. The van der Waals surface area contributed by atoms with Crippen LogP contribution in [0.1, 0.15) is 11.3 Å². The fourth-order valence-corrected chi connectivity index (χ4v) is 1.98. The molecule has 2 aromatic heterocycles. The molecule has 0 aliphatic carbocycles. The Morgan fingerprint density at radius 2 is 2.00 bits per heavy atom. The van der Waals surface area contributed by atoms with Crippen molar-refractivity contribution in [2.24, 2.45) is 0 Å². The molecule has 0 saturated carbocycles. The van der Waals surface area contributed by atoms with Gasteiger partial charge < -0.3 is 0 Å². The predicted octanol–water partition coefficient (Wildman–Crippen LogP) is 2.26. The SMILES string of the molecule is Fc1cc(C(F)(F)F)ccc1-n1cc(CCn2cncn2)nn1. The molecule has 6 nitrogen and oxygen atoms in total. The number of aryl methyl sites for hydroxylation is 2. The van der Waals surface area contributed by atoms with E-state index in [1.54, 1.807) is 11.0 Å². The molecule has 3 rings (SSSR count). The maximum atomic E-state index is 13.9. The minimum absolute atomic E-state index is 0.0995. The van der Waals surface area contributed by atoms with Gasteiger partial charge >= 0.3 is 6.18 Å². The predicted molar refractivity (Wildman–Crippen MR) is 70.0 cm³/mol.